The molecular formula is C15H20N2O. The molecule has 1 aromatic rings. The predicted molar refractivity (Wildman–Crippen MR) is 71.5 cm³/mol. The van der Waals surface area contributed by atoms with Gasteiger partial charge in [-0.05, 0) is 43.5 Å². The third-order valence-corrected chi connectivity index (χ3v) is 3.38. The van der Waals surface area contributed by atoms with Crippen LogP contribution in [-0.2, 0) is 0 Å². The van der Waals surface area contributed by atoms with Crippen molar-refractivity contribution in [2.45, 2.75) is 19.8 Å². The van der Waals surface area contributed by atoms with E-state index >= 15 is 0 Å². The fourth-order valence-corrected chi connectivity index (χ4v) is 2.44. The number of ether oxygens (including phenoxy) is 1. The predicted octanol–water partition coefficient (Wildman–Crippen LogP) is 2.67. The van der Waals surface area contributed by atoms with Crippen LogP contribution in [0.25, 0.3) is 0 Å². The van der Waals surface area contributed by atoms with E-state index in [4.69, 9.17) is 10.00 Å². The van der Waals surface area contributed by atoms with Gasteiger partial charge in [0.2, 0.25) is 0 Å². The maximum Gasteiger partial charge on any atom is 0.120 e. The van der Waals surface area contributed by atoms with Crippen molar-refractivity contribution in [3.05, 3.63) is 29.8 Å². The van der Waals surface area contributed by atoms with Gasteiger partial charge in [0.1, 0.15) is 12.4 Å². The van der Waals surface area contributed by atoms with E-state index in [1.807, 2.05) is 12.1 Å². The molecule has 96 valence electrons. The minimum atomic E-state index is 0.652. The summed E-state index contributed by atoms with van der Waals surface area (Å²) in [6.45, 7) is 6.35. The Kier molecular flexibility index (Phi) is 4.60. The van der Waals surface area contributed by atoms with Crippen LogP contribution in [0.4, 0.5) is 0 Å². The summed E-state index contributed by atoms with van der Waals surface area (Å²) in [6, 6.07) is 9.46. The van der Waals surface area contributed by atoms with Gasteiger partial charge in [0, 0.05) is 13.1 Å². The van der Waals surface area contributed by atoms with Crippen molar-refractivity contribution in [2.75, 3.05) is 26.2 Å². The second kappa shape index (κ2) is 6.42. The van der Waals surface area contributed by atoms with Crippen LogP contribution in [0, 0.1) is 17.2 Å². The van der Waals surface area contributed by atoms with Crippen LogP contribution in [0.1, 0.15) is 25.3 Å². The molecule has 0 spiro atoms. The fraction of sp³-hybridized carbons (Fsp3) is 0.533. The van der Waals surface area contributed by atoms with Gasteiger partial charge in [-0.3, -0.25) is 4.90 Å². The molecule has 1 heterocycles. The first-order valence-corrected chi connectivity index (χ1v) is 6.63. The molecular weight excluding hydrogens is 224 g/mol. The van der Waals surface area contributed by atoms with Crippen molar-refractivity contribution in [1.82, 2.24) is 4.90 Å². The van der Waals surface area contributed by atoms with E-state index in [0.717, 1.165) is 18.2 Å². The van der Waals surface area contributed by atoms with Gasteiger partial charge < -0.3 is 4.74 Å². The number of hydrogen-bond acceptors (Lipinski definition) is 3. The fourth-order valence-electron chi connectivity index (χ4n) is 2.44. The minimum Gasteiger partial charge on any atom is -0.492 e. The van der Waals surface area contributed by atoms with Gasteiger partial charge in [-0.15, -0.1) is 0 Å². The first-order chi connectivity index (χ1) is 8.78. The number of nitrogens with zero attached hydrogens (tertiary/aromatic N) is 2. The van der Waals surface area contributed by atoms with Gasteiger partial charge >= 0.3 is 0 Å². The summed E-state index contributed by atoms with van der Waals surface area (Å²) in [7, 11) is 0. The second-order valence-electron chi connectivity index (χ2n) is 5.04. The molecule has 0 saturated carbocycles. The second-order valence-corrected chi connectivity index (χ2v) is 5.04. The van der Waals surface area contributed by atoms with E-state index in [9.17, 15) is 0 Å². The van der Waals surface area contributed by atoms with Crippen LogP contribution in [0.3, 0.4) is 0 Å². The van der Waals surface area contributed by atoms with Crippen molar-refractivity contribution in [3.63, 3.8) is 0 Å². The summed E-state index contributed by atoms with van der Waals surface area (Å²) in [6.07, 6.45) is 2.65. The summed E-state index contributed by atoms with van der Waals surface area (Å²) in [5.74, 6) is 1.60. The van der Waals surface area contributed by atoms with Crippen LogP contribution in [-0.4, -0.2) is 31.1 Å². The highest BCUT2D eigenvalue weighted by atomic mass is 16.5. The van der Waals surface area contributed by atoms with E-state index in [0.29, 0.717) is 12.2 Å². The summed E-state index contributed by atoms with van der Waals surface area (Å²) >= 11 is 0. The topological polar surface area (TPSA) is 36.3 Å². The molecule has 0 aromatic heterocycles. The molecule has 0 amide bonds. The monoisotopic (exact) mass is 244 g/mol. The van der Waals surface area contributed by atoms with Crippen LogP contribution >= 0.6 is 0 Å². The average molecular weight is 244 g/mol. The van der Waals surface area contributed by atoms with Crippen molar-refractivity contribution < 1.29 is 4.74 Å². The quantitative estimate of drug-likeness (QED) is 0.817. The van der Waals surface area contributed by atoms with Gasteiger partial charge in [0.25, 0.3) is 0 Å². The Morgan fingerprint density at radius 2 is 2.39 bits per heavy atom. The van der Waals surface area contributed by atoms with Crippen molar-refractivity contribution in [1.29, 1.82) is 5.26 Å². The van der Waals surface area contributed by atoms with E-state index < -0.39 is 0 Å². The van der Waals surface area contributed by atoms with Crippen LogP contribution in [0.5, 0.6) is 5.75 Å². The van der Waals surface area contributed by atoms with Crippen molar-refractivity contribution in [2.24, 2.45) is 5.92 Å². The lowest BCUT2D eigenvalue weighted by molar-refractivity contribution is 0.153. The number of rotatable bonds is 4. The molecule has 3 heteroatoms. The normalized spacial score (nSPS) is 20.3. The van der Waals surface area contributed by atoms with Gasteiger partial charge in [0.15, 0.2) is 0 Å². The summed E-state index contributed by atoms with van der Waals surface area (Å²) in [5, 5.41) is 8.81. The van der Waals surface area contributed by atoms with E-state index in [2.05, 4.69) is 17.9 Å². The third kappa shape index (κ3) is 3.75. The highest BCUT2D eigenvalue weighted by Crippen LogP contribution is 2.16. The Hall–Kier alpha value is -1.53. The maximum absolute atomic E-state index is 8.81. The summed E-state index contributed by atoms with van der Waals surface area (Å²) in [5.41, 5.74) is 0.652. The molecule has 1 unspecified atom stereocenters. The largest absolute Gasteiger partial charge is 0.492 e. The summed E-state index contributed by atoms with van der Waals surface area (Å²) in [4.78, 5) is 2.46. The Labute approximate surface area is 109 Å². The minimum absolute atomic E-state index is 0.652. The number of hydrogen-bond donors (Lipinski definition) is 0. The standard InChI is InChI=1S/C15H20N2O/c1-13-4-3-7-17(12-13)8-9-18-15-6-2-5-14(10-15)11-16/h2,5-6,10,13H,3-4,7-9,12H2,1H3. The lowest BCUT2D eigenvalue weighted by atomic mass is 10.0. The molecule has 1 fully saturated rings. The first kappa shape index (κ1) is 12.9. The zero-order valence-electron chi connectivity index (χ0n) is 10.9. The van der Waals surface area contributed by atoms with Crippen molar-refractivity contribution >= 4 is 0 Å². The van der Waals surface area contributed by atoms with Crippen LogP contribution in [0.15, 0.2) is 24.3 Å². The smallest absolute Gasteiger partial charge is 0.120 e. The number of likely N-dealkylation sites (tertiary alicyclic amines) is 1. The molecule has 0 aliphatic carbocycles. The molecule has 1 aliphatic rings. The molecule has 2 rings (SSSR count). The van der Waals surface area contributed by atoms with E-state index in [1.165, 1.54) is 25.9 Å². The van der Waals surface area contributed by atoms with Crippen LogP contribution in [0.2, 0.25) is 0 Å². The molecule has 0 N–H and O–H groups in total. The number of piperidine rings is 1. The molecule has 1 saturated heterocycles. The van der Waals surface area contributed by atoms with Gasteiger partial charge in [0.05, 0.1) is 11.6 Å². The molecule has 1 atom stereocenters. The molecule has 0 radical (unpaired) electrons. The van der Waals surface area contributed by atoms with Gasteiger partial charge in [-0.1, -0.05) is 13.0 Å². The zero-order valence-corrected chi connectivity index (χ0v) is 10.9. The Balaban J connectivity index is 1.76. The lowest BCUT2D eigenvalue weighted by Gasteiger charge is -2.30. The molecule has 0 bridgehead atoms. The highest BCUT2D eigenvalue weighted by molar-refractivity contribution is 5.36. The molecule has 1 aromatic carbocycles. The number of nitriles is 1. The first-order valence-electron chi connectivity index (χ1n) is 6.63. The maximum atomic E-state index is 8.81. The van der Waals surface area contributed by atoms with Crippen LogP contribution < -0.4 is 4.74 Å². The Bertz CT molecular complexity index is 425. The van der Waals surface area contributed by atoms with Crippen molar-refractivity contribution in [3.8, 4) is 11.8 Å². The zero-order chi connectivity index (χ0) is 12.8. The molecule has 3 nitrogen and oxygen atoms in total. The van der Waals surface area contributed by atoms with E-state index in [-0.39, 0.29) is 0 Å². The van der Waals surface area contributed by atoms with Gasteiger partial charge in [-0.2, -0.15) is 5.26 Å². The van der Waals surface area contributed by atoms with E-state index in [1.54, 1.807) is 12.1 Å². The highest BCUT2D eigenvalue weighted by Gasteiger charge is 2.15. The average Bonchev–Trinajstić information content (AvgIpc) is 2.39. The van der Waals surface area contributed by atoms with Gasteiger partial charge in [-0.25, -0.2) is 0 Å². The SMILES string of the molecule is CC1CCCN(CCOc2cccc(C#N)c2)C1. The summed E-state index contributed by atoms with van der Waals surface area (Å²) < 4.78 is 5.69. The molecule has 1 aliphatic heterocycles. The third-order valence-electron chi connectivity index (χ3n) is 3.38. The Morgan fingerprint density at radius 3 is 3.17 bits per heavy atom. The molecule has 18 heavy (non-hydrogen) atoms. The Morgan fingerprint density at radius 1 is 1.50 bits per heavy atom. The lowest BCUT2D eigenvalue weighted by Crippen LogP contribution is -2.37. The number of benzene rings is 1.